The van der Waals surface area contributed by atoms with Gasteiger partial charge in [0.1, 0.15) is 35.5 Å². The van der Waals surface area contributed by atoms with Crippen molar-refractivity contribution in [1.82, 2.24) is 14.2 Å². The molecule has 1 aliphatic rings. The number of nitriles is 1. The van der Waals surface area contributed by atoms with Crippen molar-refractivity contribution >= 4 is 14.4 Å². The molecule has 304 valence electrons. The number of primary amides is 1. The molecule has 1 fully saturated rings. The molecule has 4 aromatic rings. The van der Waals surface area contributed by atoms with Gasteiger partial charge in [-0.3, -0.25) is 19.1 Å². The number of carbonyl (C=O) groups is 1. The Morgan fingerprint density at radius 1 is 0.930 bits per heavy atom. The fourth-order valence-corrected chi connectivity index (χ4v) is 9.08. The number of aromatic nitrogens is 2. The van der Waals surface area contributed by atoms with Crippen LogP contribution in [0, 0.1) is 17.2 Å². The van der Waals surface area contributed by atoms with Crippen LogP contribution in [0.2, 0.25) is 0 Å². The first-order chi connectivity index (χ1) is 27.4. The predicted octanol–water partition coefficient (Wildman–Crippen LogP) is 6.00. The van der Waals surface area contributed by atoms with E-state index in [-0.39, 0.29) is 44.6 Å². The Morgan fingerprint density at radius 3 is 2.02 bits per heavy atom. The molecule has 1 aromatic heterocycles. The lowest BCUT2D eigenvalue weighted by atomic mass is 9.80. The van der Waals surface area contributed by atoms with Crippen molar-refractivity contribution in [2.24, 2.45) is 11.7 Å². The van der Waals surface area contributed by atoms with E-state index in [1.165, 1.54) is 16.8 Å². The summed E-state index contributed by atoms with van der Waals surface area (Å²) in [6.07, 6.45) is -1.04. The number of benzene rings is 3. The highest BCUT2D eigenvalue weighted by Crippen LogP contribution is 2.53. The largest absolute Gasteiger partial charge is 0.497 e. The third-order valence-electron chi connectivity index (χ3n) is 9.83. The van der Waals surface area contributed by atoms with E-state index >= 15 is 0 Å². The van der Waals surface area contributed by atoms with Gasteiger partial charge in [-0.1, -0.05) is 54.6 Å². The van der Waals surface area contributed by atoms with E-state index < -0.39 is 55.6 Å². The molecule has 5 atom stereocenters. The Morgan fingerprint density at radius 2 is 1.51 bits per heavy atom. The smallest absolute Gasteiger partial charge is 0.330 e. The van der Waals surface area contributed by atoms with Crippen molar-refractivity contribution in [2.75, 3.05) is 27.4 Å². The van der Waals surface area contributed by atoms with Gasteiger partial charge in [0.25, 0.3) is 14.1 Å². The van der Waals surface area contributed by atoms with Crippen LogP contribution in [0.1, 0.15) is 69.9 Å². The van der Waals surface area contributed by atoms with Gasteiger partial charge in [0.2, 0.25) is 5.91 Å². The van der Waals surface area contributed by atoms with Crippen LogP contribution in [-0.4, -0.2) is 71.9 Å². The van der Waals surface area contributed by atoms with E-state index in [1.807, 2.05) is 107 Å². The number of hydrogen-bond donors (Lipinski definition) is 2. The van der Waals surface area contributed by atoms with E-state index in [9.17, 15) is 19.6 Å². The summed E-state index contributed by atoms with van der Waals surface area (Å²) in [4.78, 5) is 40.2. The van der Waals surface area contributed by atoms with Gasteiger partial charge in [0.05, 0.1) is 39.9 Å². The molecule has 1 aliphatic heterocycles. The third kappa shape index (κ3) is 10.2. The zero-order chi connectivity index (χ0) is 41.1. The Bertz CT molecular complexity index is 2000. The van der Waals surface area contributed by atoms with E-state index in [2.05, 4.69) is 15.7 Å². The number of ether oxygens (including phenoxy) is 4. The van der Waals surface area contributed by atoms with Gasteiger partial charge in [-0.05, 0) is 75.1 Å². The maximum atomic E-state index is 13.4. The summed E-state index contributed by atoms with van der Waals surface area (Å²) in [7, 11) is 1.38. The van der Waals surface area contributed by atoms with E-state index in [0.29, 0.717) is 11.5 Å². The van der Waals surface area contributed by atoms with Crippen LogP contribution in [0.25, 0.3) is 0 Å². The van der Waals surface area contributed by atoms with Crippen LogP contribution in [0.15, 0.2) is 101 Å². The second-order valence-electron chi connectivity index (χ2n) is 14.2. The number of methoxy groups -OCH3 is 2. The zero-order valence-electron chi connectivity index (χ0n) is 33.2. The molecule has 0 spiro atoms. The number of amides is 1. The van der Waals surface area contributed by atoms with Gasteiger partial charge in [-0.2, -0.15) is 5.26 Å². The highest BCUT2D eigenvalue weighted by molar-refractivity contribution is 7.44. The number of rotatable bonds is 20. The quantitative estimate of drug-likeness (QED) is 0.0608. The summed E-state index contributed by atoms with van der Waals surface area (Å²) in [5, 5.41) is 9.39. The van der Waals surface area contributed by atoms with Crippen molar-refractivity contribution < 1.29 is 32.8 Å². The minimum Gasteiger partial charge on any atom is -0.497 e. The Kier molecular flexibility index (Phi) is 15.2. The predicted molar refractivity (Wildman–Crippen MR) is 216 cm³/mol. The van der Waals surface area contributed by atoms with Crippen LogP contribution in [-0.2, 0) is 28.9 Å². The molecule has 5 rings (SSSR count). The van der Waals surface area contributed by atoms with Crippen molar-refractivity contribution in [3.05, 3.63) is 129 Å². The summed E-state index contributed by atoms with van der Waals surface area (Å²) in [6, 6.07) is 28.4. The number of H-pyrrole nitrogens is 1. The van der Waals surface area contributed by atoms with E-state index in [0.717, 1.165) is 16.7 Å². The summed E-state index contributed by atoms with van der Waals surface area (Å²) < 4.78 is 41.9. The first-order valence-corrected chi connectivity index (χ1v) is 20.0. The number of hydrogen-bond acceptors (Lipinski definition) is 11. The van der Waals surface area contributed by atoms with Crippen molar-refractivity contribution in [1.29, 1.82) is 5.26 Å². The number of nitrogens with zero attached hydrogens (tertiary/aromatic N) is 3. The van der Waals surface area contributed by atoms with Crippen molar-refractivity contribution in [2.45, 2.75) is 83.1 Å². The molecule has 14 nitrogen and oxygen atoms in total. The first-order valence-electron chi connectivity index (χ1n) is 18.9. The molecule has 0 aliphatic carbocycles. The van der Waals surface area contributed by atoms with Crippen LogP contribution < -0.4 is 26.5 Å². The number of aromatic amines is 1. The number of nitrogens with one attached hydrogen (secondary N) is 1. The van der Waals surface area contributed by atoms with Crippen LogP contribution >= 0.6 is 8.53 Å². The molecule has 3 aromatic carbocycles. The van der Waals surface area contributed by atoms with Crippen molar-refractivity contribution in [3.8, 4) is 17.6 Å². The average Bonchev–Trinajstić information content (AvgIpc) is 3.53. The molecule has 1 unspecified atom stereocenters. The lowest BCUT2D eigenvalue weighted by Gasteiger charge is -2.39. The molecular weight excluding hydrogens is 749 g/mol. The maximum absolute atomic E-state index is 13.4. The normalized spacial score (nSPS) is 18.8. The van der Waals surface area contributed by atoms with Crippen LogP contribution in [0.5, 0.6) is 11.5 Å². The Labute approximate surface area is 334 Å². The monoisotopic (exact) mass is 801 g/mol. The molecule has 0 radical (unpaired) electrons. The summed E-state index contributed by atoms with van der Waals surface area (Å²) >= 11 is 0. The minimum absolute atomic E-state index is 0.0206. The van der Waals surface area contributed by atoms with Gasteiger partial charge < -0.3 is 33.7 Å². The molecule has 15 heteroatoms. The van der Waals surface area contributed by atoms with Gasteiger partial charge in [0.15, 0.2) is 0 Å². The SMILES string of the molecule is COc1ccc(C(OC[C@H]2O[C@@H](n3ccc(=O)[nH]c3=O)[C@H](CCC(N)=O)[C@@H]2OP(OCCC#N)N(C(C)C)C(C)C)(c2ccccc2)c2ccc(OC)cc2)cc1. The number of nitrogens with two attached hydrogens (primary N) is 1. The van der Waals surface area contributed by atoms with E-state index in [1.54, 1.807) is 14.2 Å². The molecule has 3 N–H and O–H groups in total. The fourth-order valence-electron chi connectivity index (χ4n) is 7.27. The molecular formula is C42H52N5O9P. The second kappa shape index (κ2) is 20.0. The maximum Gasteiger partial charge on any atom is 0.330 e. The summed E-state index contributed by atoms with van der Waals surface area (Å²) in [5.41, 5.74) is 5.63. The van der Waals surface area contributed by atoms with Crippen molar-refractivity contribution in [3.63, 3.8) is 0 Å². The number of carbonyl (C=O) groups excluding carboxylic acids is 1. The Hall–Kier alpha value is -4.87. The lowest BCUT2D eigenvalue weighted by molar-refractivity contribution is -0.118. The highest BCUT2D eigenvalue weighted by atomic mass is 31.2. The van der Waals surface area contributed by atoms with Gasteiger partial charge in [-0.25, -0.2) is 9.46 Å². The second-order valence-corrected chi connectivity index (χ2v) is 15.6. The van der Waals surface area contributed by atoms with Gasteiger partial charge >= 0.3 is 5.69 Å². The van der Waals surface area contributed by atoms with Gasteiger partial charge in [-0.15, -0.1) is 0 Å². The summed E-state index contributed by atoms with van der Waals surface area (Å²) in [5.74, 6) is 0.147. The molecule has 0 bridgehead atoms. The highest BCUT2D eigenvalue weighted by Gasteiger charge is 2.50. The topological polar surface area (TPSA) is 180 Å². The zero-order valence-corrected chi connectivity index (χ0v) is 34.1. The van der Waals surface area contributed by atoms with Crippen LogP contribution in [0.3, 0.4) is 0 Å². The molecule has 57 heavy (non-hydrogen) atoms. The van der Waals surface area contributed by atoms with Crippen LogP contribution in [0.4, 0.5) is 0 Å². The first kappa shape index (κ1) is 43.3. The molecule has 1 amide bonds. The third-order valence-corrected chi connectivity index (χ3v) is 12.0. The Balaban J connectivity index is 1.68. The fraction of sp³-hybridized carbons (Fsp3) is 0.429. The molecule has 0 saturated carbocycles. The summed E-state index contributed by atoms with van der Waals surface area (Å²) in [6.45, 7) is 8.16. The van der Waals surface area contributed by atoms with Gasteiger partial charge in [0, 0.05) is 36.7 Å². The van der Waals surface area contributed by atoms with E-state index in [4.69, 9.17) is 33.7 Å². The standard InChI is InChI=1S/C42H52N5O9P/c1-28(2)47(29(3)4)57(54-26-10-24-43)56-39-35(21-22-37(44)48)40(46-25-23-38(49)45-41(46)50)55-36(39)27-53-42(30-11-8-7-9-12-30,31-13-17-33(51-5)18-14-31)32-15-19-34(52-6)20-16-32/h7-9,11-20,23,25,28-29,35-36,39-40H,10,21-22,26-27H2,1-6H3,(H2,44,48)(H,45,49,50)/t35-,36-,39+,40-,57?/m1/s1. The molecule has 1 saturated heterocycles. The average molecular weight is 802 g/mol. The molecule has 2 heterocycles. The minimum atomic E-state index is -1.83. The lowest BCUT2D eigenvalue weighted by Crippen LogP contribution is -2.41.